The number of furan rings is 1. The van der Waals surface area contributed by atoms with Gasteiger partial charge >= 0.3 is 0 Å². The Kier molecular flexibility index (Phi) is 2.00. The summed E-state index contributed by atoms with van der Waals surface area (Å²) in [7, 11) is 1.56. The maximum absolute atomic E-state index is 12.7. The van der Waals surface area contributed by atoms with Gasteiger partial charge in [-0.2, -0.15) is 4.39 Å². The van der Waals surface area contributed by atoms with Crippen molar-refractivity contribution in [1.82, 2.24) is 0 Å². The number of halogens is 2. The molecule has 0 fully saturated rings. The predicted octanol–water partition coefficient (Wildman–Crippen LogP) is 3.34. The van der Waals surface area contributed by atoms with Gasteiger partial charge in [-0.25, -0.2) is 0 Å². The molecule has 1 aromatic carbocycles. The molecule has 0 unspecified atom stereocenters. The first-order chi connectivity index (χ1) is 6.20. The van der Waals surface area contributed by atoms with Crippen LogP contribution in [0.1, 0.15) is 0 Å². The van der Waals surface area contributed by atoms with Crippen molar-refractivity contribution in [2.24, 2.45) is 0 Å². The van der Waals surface area contributed by atoms with Gasteiger partial charge < -0.3 is 9.15 Å². The largest absolute Gasteiger partial charge is 0.496 e. The Balaban J connectivity index is 2.72. The lowest BCUT2D eigenvalue weighted by atomic mass is 10.2. The van der Waals surface area contributed by atoms with E-state index >= 15 is 0 Å². The van der Waals surface area contributed by atoms with Gasteiger partial charge in [0, 0.05) is 11.5 Å². The lowest BCUT2D eigenvalue weighted by Crippen LogP contribution is -1.82. The van der Waals surface area contributed by atoms with E-state index in [2.05, 4.69) is 15.9 Å². The fourth-order valence-corrected chi connectivity index (χ4v) is 1.65. The van der Waals surface area contributed by atoms with Crippen LogP contribution in [0.2, 0.25) is 0 Å². The predicted molar refractivity (Wildman–Crippen MR) is 50.4 cm³/mol. The molecule has 13 heavy (non-hydrogen) atoms. The summed E-state index contributed by atoms with van der Waals surface area (Å²) in [6, 6.07) is 4.13. The number of fused-ring (bicyclic) bond motifs is 1. The van der Waals surface area contributed by atoms with Crippen molar-refractivity contribution in [2.75, 3.05) is 7.11 Å². The van der Waals surface area contributed by atoms with Gasteiger partial charge in [0.2, 0.25) is 0 Å². The molecule has 2 aromatic rings. The van der Waals surface area contributed by atoms with Crippen LogP contribution in [0.25, 0.3) is 11.0 Å². The molecule has 0 aliphatic rings. The van der Waals surface area contributed by atoms with Crippen molar-refractivity contribution >= 4 is 26.9 Å². The highest BCUT2D eigenvalue weighted by Gasteiger charge is 2.07. The summed E-state index contributed by atoms with van der Waals surface area (Å²) in [4.78, 5) is 0. The number of benzene rings is 1. The van der Waals surface area contributed by atoms with Crippen molar-refractivity contribution in [3.8, 4) is 5.75 Å². The van der Waals surface area contributed by atoms with Crippen molar-refractivity contribution in [3.63, 3.8) is 0 Å². The maximum Gasteiger partial charge on any atom is 0.278 e. The van der Waals surface area contributed by atoms with Crippen molar-refractivity contribution in [1.29, 1.82) is 0 Å². The number of hydrogen-bond donors (Lipinski definition) is 0. The Morgan fingerprint density at radius 3 is 2.85 bits per heavy atom. The zero-order valence-corrected chi connectivity index (χ0v) is 8.39. The van der Waals surface area contributed by atoms with E-state index in [1.807, 2.05) is 0 Å². The van der Waals surface area contributed by atoms with Gasteiger partial charge in [0.25, 0.3) is 6.01 Å². The quantitative estimate of drug-likeness (QED) is 0.768. The van der Waals surface area contributed by atoms with Gasteiger partial charge in [-0.3, -0.25) is 0 Å². The minimum atomic E-state index is -0.588. The zero-order chi connectivity index (χ0) is 9.42. The normalized spacial score (nSPS) is 10.7. The highest BCUT2D eigenvalue weighted by atomic mass is 79.9. The van der Waals surface area contributed by atoms with Crippen molar-refractivity contribution < 1.29 is 13.5 Å². The Morgan fingerprint density at radius 2 is 2.15 bits per heavy atom. The minimum Gasteiger partial charge on any atom is -0.496 e. The van der Waals surface area contributed by atoms with E-state index in [1.165, 1.54) is 6.07 Å². The second kappa shape index (κ2) is 3.03. The molecule has 0 atom stereocenters. The second-order valence-corrected chi connectivity index (χ2v) is 3.43. The third-order valence-electron chi connectivity index (χ3n) is 1.76. The fraction of sp³-hybridized carbons (Fsp3) is 0.111. The van der Waals surface area contributed by atoms with E-state index in [0.717, 1.165) is 4.47 Å². The first kappa shape index (κ1) is 8.56. The summed E-state index contributed by atoms with van der Waals surface area (Å²) in [6.45, 7) is 0. The molecule has 0 radical (unpaired) electrons. The van der Waals surface area contributed by atoms with E-state index in [-0.39, 0.29) is 0 Å². The van der Waals surface area contributed by atoms with Gasteiger partial charge in [0.1, 0.15) is 11.3 Å². The highest BCUT2D eigenvalue weighted by Crippen LogP contribution is 2.31. The van der Waals surface area contributed by atoms with Gasteiger partial charge in [0.05, 0.1) is 11.6 Å². The summed E-state index contributed by atoms with van der Waals surface area (Å²) in [5, 5.41) is 0.692. The number of hydrogen-bond acceptors (Lipinski definition) is 2. The fourth-order valence-electron chi connectivity index (χ4n) is 1.17. The number of ether oxygens (including phenoxy) is 1. The topological polar surface area (TPSA) is 22.4 Å². The first-order valence-electron chi connectivity index (χ1n) is 3.63. The molecule has 0 aliphatic heterocycles. The number of methoxy groups -OCH3 is 1. The molecule has 4 heteroatoms. The van der Waals surface area contributed by atoms with E-state index in [0.29, 0.717) is 16.7 Å². The van der Waals surface area contributed by atoms with Gasteiger partial charge in [0.15, 0.2) is 0 Å². The Hall–Kier alpha value is -1.03. The van der Waals surface area contributed by atoms with Gasteiger partial charge in [-0.1, -0.05) is 0 Å². The second-order valence-electron chi connectivity index (χ2n) is 2.58. The van der Waals surface area contributed by atoms with E-state index in [1.54, 1.807) is 19.2 Å². The van der Waals surface area contributed by atoms with Crippen LogP contribution in [0.15, 0.2) is 27.1 Å². The van der Waals surface area contributed by atoms with Crippen LogP contribution in [0, 0.1) is 6.01 Å². The molecule has 0 N–H and O–H groups in total. The molecule has 1 aromatic heterocycles. The zero-order valence-electron chi connectivity index (χ0n) is 6.80. The maximum atomic E-state index is 12.7. The van der Waals surface area contributed by atoms with Crippen molar-refractivity contribution in [2.45, 2.75) is 0 Å². The van der Waals surface area contributed by atoms with E-state index in [9.17, 15) is 4.39 Å². The molecular formula is C9H6BrFO2. The molecule has 1 heterocycles. The third-order valence-corrected chi connectivity index (χ3v) is 2.38. The number of rotatable bonds is 1. The van der Waals surface area contributed by atoms with Crippen LogP contribution >= 0.6 is 15.9 Å². The van der Waals surface area contributed by atoms with Crippen LogP contribution in [-0.2, 0) is 0 Å². The lowest BCUT2D eigenvalue weighted by molar-refractivity contribution is 0.380. The lowest BCUT2D eigenvalue weighted by Gasteiger charge is -2.01. The average molecular weight is 245 g/mol. The van der Waals surface area contributed by atoms with Crippen LogP contribution in [0.5, 0.6) is 5.75 Å². The van der Waals surface area contributed by atoms with Crippen molar-refractivity contribution in [3.05, 3.63) is 28.7 Å². The van der Waals surface area contributed by atoms with Crippen LogP contribution in [0.4, 0.5) is 4.39 Å². The van der Waals surface area contributed by atoms with E-state index in [4.69, 9.17) is 9.15 Å². The van der Waals surface area contributed by atoms with E-state index < -0.39 is 6.01 Å². The molecule has 0 bridgehead atoms. The molecule has 0 saturated carbocycles. The molecule has 0 saturated heterocycles. The van der Waals surface area contributed by atoms with Crippen LogP contribution in [-0.4, -0.2) is 7.11 Å². The molecule has 0 aliphatic carbocycles. The summed E-state index contributed by atoms with van der Waals surface area (Å²) < 4.78 is 23.3. The average Bonchev–Trinajstić information content (AvgIpc) is 2.42. The molecule has 0 amide bonds. The third kappa shape index (κ3) is 1.42. The molecular weight excluding hydrogens is 239 g/mol. The highest BCUT2D eigenvalue weighted by molar-refractivity contribution is 9.10. The molecule has 68 valence electrons. The molecule has 2 nitrogen and oxygen atoms in total. The minimum absolute atomic E-state index is 0.505. The summed E-state index contributed by atoms with van der Waals surface area (Å²) in [6.07, 6.45) is 0. The summed E-state index contributed by atoms with van der Waals surface area (Å²) in [5.74, 6) is 0.660. The summed E-state index contributed by atoms with van der Waals surface area (Å²) >= 11 is 3.28. The van der Waals surface area contributed by atoms with Gasteiger partial charge in [-0.15, -0.1) is 0 Å². The van der Waals surface area contributed by atoms with Crippen LogP contribution < -0.4 is 4.74 Å². The molecule has 2 rings (SSSR count). The first-order valence-corrected chi connectivity index (χ1v) is 4.42. The molecule has 0 spiro atoms. The Morgan fingerprint density at radius 1 is 1.38 bits per heavy atom. The monoisotopic (exact) mass is 244 g/mol. The summed E-state index contributed by atoms with van der Waals surface area (Å²) in [5.41, 5.74) is 0.505. The SMILES string of the molecule is COc1cc2cc(F)oc2cc1Br. The van der Waals surface area contributed by atoms with Gasteiger partial charge in [-0.05, 0) is 28.1 Å². The Bertz CT molecular complexity index is 450. The standard InChI is InChI=1S/C9H6BrFO2/c1-12-8-2-5-3-9(11)13-7(5)4-6(8)10/h2-4H,1H3. The smallest absolute Gasteiger partial charge is 0.278 e. The Labute approximate surface area is 82.4 Å². The van der Waals surface area contributed by atoms with Crippen LogP contribution in [0.3, 0.4) is 0 Å².